The van der Waals surface area contributed by atoms with Crippen molar-refractivity contribution in [3.63, 3.8) is 0 Å². The lowest BCUT2D eigenvalue weighted by atomic mass is 9.97. The molecule has 0 N–H and O–H groups in total. The van der Waals surface area contributed by atoms with E-state index in [2.05, 4.69) is 53.2 Å². The van der Waals surface area contributed by atoms with Crippen LogP contribution in [-0.4, -0.2) is 0 Å². The third-order valence-electron chi connectivity index (χ3n) is 2.30. The zero-order valence-electron chi connectivity index (χ0n) is 8.33. The molecule has 0 amide bonds. The maximum Gasteiger partial charge on any atom is 0.0659 e. The molecule has 1 rings (SSSR count). The topological polar surface area (TPSA) is 23.8 Å². The lowest BCUT2D eigenvalue weighted by molar-refractivity contribution is 0.638. The Balaban J connectivity index is 2.71. The van der Waals surface area contributed by atoms with Gasteiger partial charge in [0.05, 0.1) is 12.0 Å². The molecule has 0 spiro atoms. The average molecular weight is 252 g/mol. The van der Waals surface area contributed by atoms with Crippen LogP contribution in [0.15, 0.2) is 24.3 Å². The smallest absolute Gasteiger partial charge is 0.0659 e. The minimum Gasteiger partial charge on any atom is -0.198 e. The van der Waals surface area contributed by atoms with Crippen LogP contribution in [0.3, 0.4) is 0 Å². The van der Waals surface area contributed by atoms with Crippen LogP contribution in [0.2, 0.25) is 0 Å². The standard InChI is InChI=1S/C12H14BrN/c1-2-10(9-14)6-11-4-3-5-12(7-11)8-13/h3-5,7,10H,2,6,8H2,1H3. The molecular weight excluding hydrogens is 238 g/mol. The van der Waals surface area contributed by atoms with E-state index in [-0.39, 0.29) is 5.92 Å². The number of benzene rings is 1. The molecule has 14 heavy (non-hydrogen) atoms. The molecule has 1 aromatic carbocycles. The second-order valence-corrected chi connectivity index (χ2v) is 3.95. The number of alkyl halides is 1. The molecule has 1 unspecified atom stereocenters. The Kier molecular flexibility index (Phi) is 4.69. The average Bonchev–Trinajstić information content (AvgIpc) is 2.26. The number of rotatable bonds is 4. The molecule has 0 heterocycles. The van der Waals surface area contributed by atoms with Gasteiger partial charge in [0.15, 0.2) is 0 Å². The number of hydrogen-bond donors (Lipinski definition) is 0. The Hall–Kier alpha value is -0.810. The van der Waals surface area contributed by atoms with Crippen LogP contribution in [0.1, 0.15) is 24.5 Å². The highest BCUT2D eigenvalue weighted by atomic mass is 79.9. The van der Waals surface area contributed by atoms with Gasteiger partial charge in [-0.25, -0.2) is 0 Å². The molecule has 1 atom stereocenters. The molecule has 2 heteroatoms. The van der Waals surface area contributed by atoms with E-state index < -0.39 is 0 Å². The van der Waals surface area contributed by atoms with Crippen molar-refractivity contribution in [1.82, 2.24) is 0 Å². The van der Waals surface area contributed by atoms with E-state index in [9.17, 15) is 0 Å². The first-order valence-corrected chi connectivity index (χ1v) is 5.95. The highest BCUT2D eigenvalue weighted by molar-refractivity contribution is 9.08. The van der Waals surface area contributed by atoms with E-state index in [0.29, 0.717) is 0 Å². The van der Waals surface area contributed by atoms with E-state index in [4.69, 9.17) is 5.26 Å². The molecule has 74 valence electrons. The third-order valence-corrected chi connectivity index (χ3v) is 2.95. The molecule has 0 saturated carbocycles. The summed E-state index contributed by atoms with van der Waals surface area (Å²) in [5.74, 6) is 0.153. The highest BCUT2D eigenvalue weighted by Crippen LogP contribution is 2.14. The van der Waals surface area contributed by atoms with Crippen molar-refractivity contribution in [2.75, 3.05) is 0 Å². The first-order chi connectivity index (χ1) is 6.80. The van der Waals surface area contributed by atoms with Crippen molar-refractivity contribution in [1.29, 1.82) is 5.26 Å². The van der Waals surface area contributed by atoms with Gasteiger partial charge in [-0.2, -0.15) is 5.26 Å². The summed E-state index contributed by atoms with van der Waals surface area (Å²) >= 11 is 3.43. The second kappa shape index (κ2) is 5.82. The maximum absolute atomic E-state index is 8.85. The Morgan fingerprint density at radius 1 is 1.43 bits per heavy atom. The van der Waals surface area contributed by atoms with Gasteiger partial charge in [-0.1, -0.05) is 47.1 Å². The molecule has 1 nitrogen and oxygen atoms in total. The Labute approximate surface area is 93.9 Å². The van der Waals surface area contributed by atoms with Crippen LogP contribution >= 0.6 is 15.9 Å². The maximum atomic E-state index is 8.85. The number of hydrogen-bond acceptors (Lipinski definition) is 1. The lowest BCUT2D eigenvalue weighted by Crippen LogP contribution is -2.00. The van der Waals surface area contributed by atoms with Gasteiger partial charge in [-0.15, -0.1) is 0 Å². The van der Waals surface area contributed by atoms with Gasteiger partial charge in [0.25, 0.3) is 0 Å². The molecule has 0 bridgehead atoms. The Morgan fingerprint density at radius 2 is 2.14 bits per heavy atom. The van der Waals surface area contributed by atoms with E-state index in [1.165, 1.54) is 11.1 Å². The van der Waals surface area contributed by atoms with Crippen molar-refractivity contribution >= 4 is 15.9 Å². The van der Waals surface area contributed by atoms with Crippen molar-refractivity contribution in [3.8, 4) is 6.07 Å². The van der Waals surface area contributed by atoms with E-state index in [1.54, 1.807) is 0 Å². The van der Waals surface area contributed by atoms with E-state index in [1.807, 2.05) is 0 Å². The van der Waals surface area contributed by atoms with Gasteiger partial charge in [-0.3, -0.25) is 0 Å². The van der Waals surface area contributed by atoms with Crippen LogP contribution in [0, 0.1) is 17.2 Å². The van der Waals surface area contributed by atoms with Crippen molar-refractivity contribution in [2.24, 2.45) is 5.92 Å². The zero-order valence-corrected chi connectivity index (χ0v) is 9.92. The second-order valence-electron chi connectivity index (χ2n) is 3.39. The summed E-state index contributed by atoms with van der Waals surface area (Å²) in [6.45, 7) is 2.06. The molecule has 0 aliphatic heterocycles. The predicted octanol–water partition coefficient (Wildman–Crippen LogP) is 3.67. The summed E-state index contributed by atoms with van der Waals surface area (Å²) in [6.07, 6.45) is 1.79. The number of nitrogens with zero attached hydrogens (tertiary/aromatic N) is 1. The molecule has 0 fully saturated rings. The molecule has 0 aromatic heterocycles. The van der Waals surface area contributed by atoms with Crippen LogP contribution < -0.4 is 0 Å². The first-order valence-electron chi connectivity index (χ1n) is 4.83. The Morgan fingerprint density at radius 3 is 2.71 bits per heavy atom. The number of nitriles is 1. The fourth-order valence-corrected chi connectivity index (χ4v) is 1.75. The van der Waals surface area contributed by atoms with Crippen LogP contribution in [0.5, 0.6) is 0 Å². The molecule has 0 aliphatic carbocycles. The minimum atomic E-state index is 0.153. The Bertz CT molecular complexity index is 327. The monoisotopic (exact) mass is 251 g/mol. The fourth-order valence-electron chi connectivity index (χ4n) is 1.41. The summed E-state index contributed by atoms with van der Waals surface area (Å²) < 4.78 is 0. The van der Waals surface area contributed by atoms with Gasteiger partial charge in [0, 0.05) is 5.33 Å². The zero-order chi connectivity index (χ0) is 10.4. The summed E-state index contributed by atoms with van der Waals surface area (Å²) in [5, 5.41) is 9.73. The van der Waals surface area contributed by atoms with Gasteiger partial charge < -0.3 is 0 Å². The van der Waals surface area contributed by atoms with E-state index >= 15 is 0 Å². The molecule has 1 aromatic rings. The predicted molar refractivity (Wildman–Crippen MR) is 62.2 cm³/mol. The lowest BCUT2D eigenvalue weighted by Gasteiger charge is -2.06. The molecule has 0 aliphatic rings. The van der Waals surface area contributed by atoms with Crippen LogP contribution in [0.4, 0.5) is 0 Å². The quantitative estimate of drug-likeness (QED) is 0.750. The van der Waals surface area contributed by atoms with Crippen LogP contribution in [0.25, 0.3) is 0 Å². The third kappa shape index (κ3) is 3.16. The molecule has 0 radical (unpaired) electrons. The normalized spacial score (nSPS) is 12.1. The minimum absolute atomic E-state index is 0.153. The number of halogens is 1. The molecule has 0 saturated heterocycles. The van der Waals surface area contributed by atoms with Gasteiger partial charge in [0.1, 0.15) is 0 Å². The SMILES string of the molecule is CCC(C#N)Cc1cccc(CBr)c1. The van der Waals surface area contributed by atoms with Crippen molar-refractivity contribution < 1.29 is 0 Å². The largest absolute Gasteiger partial charge is 0.198 e. The fraction of sp³-hybridized carbons (Fsp3) is 0.417. The van der Waals surface area contributed by atoms with E-state index in [0.717, 1.165) is 18.2 Å². The summed E-state index contributed by atoms with van der Waals surface area (Å²) in [7, 11) is 0. The summed E-state index contributed by atoms with van der Waals surface area (Å²) in [5.41, 5.74) is 2.53. The summed E-state index contributed by atoms with van der Waals surface area (Å²) in [4.78, 5) is 0. The highest BCUT2D eigenvalue weighted by Gasteiger charge is 2.05. The van der Waals surface area contributed by atoms with Crippen molar-refractivity contribution in [3.05, 3.63) is 35.4 Å². The van der Waals surface area contributed by atoms with Crippen LogP contribution in [-0.2, 0) is 11.8 Å². The van der Waals surface area contributed by atoms with Gasteiger partial charge >= 0.3 is 0 Å². The van der Waals surface area contributed by atoms with Crippen molar-refractivity contribution in [2.45, 2.75) is 25.1 Å². The van der Waals surface area contributed by atoms with Gasteiger partial charge in [-0.05, 0) is 24.0 Å². The first kappa shape index (κ1) is 11.3. The summed E-state index contributed by atoms with van der Waals surface area (Å²) in [6, 6.07) is 10.7. The van der Waals surface area contributed by atoms with Gasteiger partial charge in [0.2, 0.25) is 0 Å². The molecular formula is C12H14BrN.